The largest absolute Gasteiger partial charge is 0.450 e. The Labute approximate surface area is 138 Å². The minimum absolute atomic E-state index is 0.117. The van der Waals surface area contributed by atoms with Crippen molar-refractivity contribution in [2.75, 3.05) is 0 Å². The third kappa shape index (κ3) is 2.22. The predicted octanol–water partition coefficient (Wildman–Crippen LogP) is 4.28. The molecular formula is C15H9ClF3N5. The molecule has 122 valence electrons. The number of fused-ring (bicyclic) bond motifs is 2. The van der Waals surface area contributed by atoms with E-state index in [1.807, 2.05) is 0 Å². The molecule has 5 nitrogen and oxygen atoms in total. The Hall–Kier alpha value is -2.61. The van der Waals surface area contributed by atoms with Crippen LogP contribution in [0.25, 0.3) is 27.8 Å². The lowest BCUT2D eigenvalue weighted by atomic mass is 10.2. The predicted molar refractivity (Wildman–Crippen MR) is 83.3 cm³/mol. The smallest absolute Gasteiger partial charge is 0.276 e. The highest BCUT2D eigenvalue weighted by Gasteiger charge is 2.38. The fourth-order valence-electron chi connectivity index (χ4n) is 2.63. The van der Waals surface area contributed by atoms with Crippen molar-refractivity contribution >= 4 is 33.7 Å². The van der Waals surface area contributed by atoms with Gasteiger partial charge in [0.25, 0.3) is 0 Å². The number of H-pyrrole nitrogens is 1. The van der Waals surface area contributed by atoms with Crippen molar-refractivity contribution in [1.29, 1.82) is 0 Å². The lowest BCUT2D eigenvalue weighted by Crippen LogP contribution is -2.14. The van der Waals surface area contributed by atoms with Gasteiger partial charge in [0.1, 0.15) is 5.52 Å². The number of benzene rings is 1. The van der Waals surface area contributed by atoms with Gasteiger partial charge >= 0.3 is 6.18 Å². The molecule has 0 bridgehead atoms. The topological polar surface area (TPSA) is 59.4 Å². The van der Waals surface area contributed by atoms with Crippen molar-refractivity contribution in [1.82, 2.24) is 24.7 Å². The van der Waals surface area contributed by atoms with E-state index in [1.165, 1.54) is 18.5 Å². The molecular weight excluding hydrogens is 343 g/mol. The molecule has 3 heterocycles. The number of hydrogen-bond acceptors (Lipinski definition) is 3. The van der Waals surface area contributed by atoms with Crippen LogP contribution in [0.4, 0.5) is 13.2 Å². The van der Waals surface area contributed by atoms with E-state index in [0.717, 1.165) is 10.1 Å². The average Bonchev–Trinajstić information content (AvgIpc) is 3.09. The number of aromatic amines is 1. The molecule has 0 saturated carbocycles. The fourth-order valence-corrected chi connectivity index (χ4v) is 2.89. The number of aromatic nitrogens is 5. The molecule has 0 amide bonds. The molecule has 1 aromatic carbocycles. The summed E-state index contributed by atoms with van der Waals surface area (Å²) in [7, 11) is 0. The summed E-state index contributed by atoms with van der Waals surface area (Å²) in [6, 6.07) is 4.55. The van der Waals surface area contributed by atoms with Crippen molar-refractivity contribution in [3.05, 3.63) is 47.0 Å². The van der Waals surface area contributed by atoms with Crippen LogP contribution in [-0.4, -0.2) is 24.7 Å². The van der Waals surface area contributed by atoms with Crippen LogP contribution in [0.3, 0.4) is 0 Å². The quantitative estimate of drug-likeness (QED) is 0.557. The van der Waals surface area contributed by atoms with Gasteiger partial charge in [0.2, 0.25) is 5.82 Å². The third-order valence-electron chi connectivity index (χ3n) is 3.63. The monoisotopic (exact) mass is 351 g/mol. The van der Waals surface area contributed by atoms with Crippen LogP contribution in [0.5, 0.6) is 0 Å². The number of rotatable bonds is 1. The van der Waals surface area contributed by atoms with Crippen LogP contribution in [0.2, 0.25) is 5.02 Å². The minimum Gasteiger partial charge on any atom is -0.276 e. The summed E-state index contributed by atoms with van der Waals surface area (Å²) in [5, 5.41) is 7.43. The number of aryl methyl sites for hydroxylation is 1. The molecule has 4 aromatic rings. The molecule has 1 N–H and O–H groups in total. The highest BCUT2D eigenvalue weighted by Crippen LogP contribution is 2.35. The number of imidazole rings is 1. The molecule has 0 aliphatic rings. The van der Waals surface area contributed by atoms with Gasteiger partial charge in [0, 0.05) is 11.6 Å². The maximum absolute atomic E-state index is 13.5. The van der Waals surface area contributed by atoms with E-state index in [1.54, 1.807) is 19.1 Å². The summed E-state index contributed by atoms with van der Waals surface area (Å²) in [6.07, 6.45) is -1.64. The van der Waals surface area contributed by atoms with E-state index in [9.17, 15) is 13.2 Å². The van der Waals surface area contributed by atoms with Crippen molar-refractivity contribution in [3.63, 3.8) is 0 Å². The van der Waals surface area contributed by atoms with Crippen molar-refractivity contribution < 1.29 is 13.2 Å². The summed E-state index contributed by atoms with van der Waals surface area (Å²) >= 11 is 6.16. The molecule has 0 atom stereocenters. The average molecular weight is 352 g/mol. The van der Waals surface area contributed by atoms with Gasteiger partial charge in [-0.2, -0.15) is 18.3 Å². The first kappa shape index (κ1) is 14.9. The summed E-state index contributed by atoms with van der Waals surface area (Å²) < 4.78 is 41.4. The zero-order valence-electron chi connectivity index (χ0n) is 12.2. The van der Waals surface area contributed by atoms with Gasteiger partial charge in [0.15, 0.2) is 5.65 Å². The van der Waals surface area contributed by atoms with E-state index < -0.39 is 12.0 Å². The zero-order chi connectivity index (χ0) is 17.1. The second kappa shape index (κ2) is 4.94. The van der Waals surface area contributed by atoms with Gasteiger partial charge in [-0.3, -0.25) is 9.67 Å². The SMILES string of the molecule is Cc1cnc2c(c1)nc(C(F)(F)F)n2-c1cc(Cl)c2[nH]ncc2c1. The second-order valence-corrected chi connectivity index (χ2v) is 5.79. The first-order valence-corrected chi connectivity index (χ1v) is 7.27. The Bertz CT molecular complexity index is 1080. The Morgan fingerprint density at radius 3 is 2.71 bits per heavy atom. The van der Waals surface area contributed by atoms with E-state index >= 15 is 0 Å². The summed E-state index contributed by atoms with van der Waals surface area (Å²) in [4.78, 5) is 7.85. The fraction of sp³-hybridized carbons (Fsp3) is 0.133. The number of hydrogen-bond donors (Lipinski definition) is 1. The van der Waals surface area contributed by atoms with Gasteiger partial charge in [-0.15, -0.1) is 0 Å². The summed E-state index contributed by atoms with van der Waals surface area (Å²) in [5.74, 6) is -1.05. The van der Waals surface area contributed by atoms with Crippen molar-refractivity contribution in [2.24, 2.45) is 0 Å². The first-order chi connectivity index (χ1) is 11.3. The molecule has 0 unspecified atom stereocenters. The van der Waals surface area contributed by atoms with Gasteiger partial charge in [-0.1, -0.05) is 11.6 Å². The van der Waals surface area contributed by atoms with E-state index in [4.69, 9.17) is 11.6 Å². The molecule has 0 aliphatic heterocycles. The highest BCUT2D eigenvalue weighted by atomic mass is 35.5. The van der Waals surface area contributed by atoms with Crippen LogP contribution >= 0.6 is 11.6 Å². The Morgan fingerprint density at radius 1 is 1.17 bits per heavy atom. The van der Waals surface area contributed by atoms with Crippen LogP contribution in [0.1, 0.15) is 11.4 Å². The Kier molecular flexibility index (Phi) is 3.08. The number of pyridine rings is 1. The number of halogens is 4. The second-order valence-electron chi connectivity index (χ2n) is 5.39. The lowest BCUT2D eigenvalue weighted by Gasteiger charge is -2.11. The van der Waals surface area contributed by atoms with Crippen LogP contribution < -0.4 is 0 Å². The van der Waals surface area contributed by atoms with Crippen LogP contribution in [0, 0.1) is 6.92 Å². The van der Waals surface area contributed by atoms with Gasteiger partial charge in [-0.25, -0.2) is 9.97 Å². The van der Waals surface area contributed by atoms with Gasteiger partial charge < -0.3 is 0 Å². The first-order valence-electron chi connectivity index (χ1n) is 6.90. The van der Waals surface area contributed by atoms with E-state index in [2.05, 4.69) is 20.2 Å². The third-order valence-corrected chi connectivity index (χ3v) is 3.93. The Morgan fingerprint density at radius 2 is 1.96 bits per heavy atom. The highest BCUT2D eigenvalue weighted by molar-refractivity contribution is 6.35. The molecule has 9 heteroatoms. The van der Waals surface area contributed by atoms with Crippen molar-refractivity contribution in [2.45, 2.75) is 13.1 Å². The van der Waals surface area contributed by atoms with Crippen LogP contribution in [0.15, 0.2) is 30.6 Å². The van der Waals surface area contributed by atoms with Gasteiger partial charge in [-0.05, 0) is 30.7 Å². The molecule has 0 fully saturated rings. The molecule has 24 heavy (non-hydrogen) atoms. The number of alkyl halides is 3. The van der Waals surface area contributed by atoms with Crippen LogP contribution in [-0.2, 0) is 6.18 Å². The maximum atomic E-state index is 13.5. The zero-order valence-corrected chi connectivity index (χ0v) is 12.9. The normalized spacial score (nSPS) is 12.4. The standard InChI is InChI=1S/C15H9ClF3N5/c1-7-2-11-13(20-5-7)24(14(22-11)15(17,18)19)9-3-8-6-21-23-12(8)10(16)4-9/h2-6H,1H3,(H,21,23). The van der Waals surface area contributed by atoms with E-state index in [-0.39, 0.29) is 21.9 Å². The van der Waals surface area contributed by atoms with E-state index in [0.29, 0.717) is 10.9 Å². The molecule has 0 spiro atoms. The number of nitrogens with zero attached hydrogens (tertiary/aromatic N) is 4. The van der Waals surface area contributed by atoms with Crippen molar-refractivity contribution in [3.8, 4) is 5.69 Å². The molecule has 0 aliphatic carbocycles. The minimum atomic E-state index is -4.63. The van der Waals surface area contributed by atoms with Gasteiger partial charge in [0.05, 0.1) is 22.4 Å². The molecule has 3 aromatic heterocycles. The molecule has 0 saturated heterocycles. The maximum Gasteiger partial charge on any atom is 0.450 e. The number of nitrogens with one attached hydrogen (secondary N) is 1. The summed E-state index contributed by atoms with van der Waals surface area (Å²) in [6.45, 7) is 1.74. The molecule has 0 radical (unpaired) electrons. The summed E-state index contributed by atoms with van der Waals surface area (Å²) in [5.41, 5.74) is 1.80. The Balaban J connectivity index is 2.10. The lowest BCUT2D eigenvalue weighted by molar-refractivity contribution is -0.145. The molecule has 4 rings (SSSR count).